The van der Waals surface area contributed by atoms with Crippen molar-refractivity contribution in [2.45, 2.75) is 46.6 Å². The topological polar surface area (TPSA) is 26.3 Å². The monoisotopic (exact) mass is 184 g/mol. The number of ether oxygens (including phenoxy) is 1. The van der Waals surface area contributed by atoms with Crippen LogP contribution in [0.25, 0.3) is 0 Å². The largest absolute Gasteiger partial charge is 0.459 e. The Morgan fingerprint density at radius 1 is 1.31 bits per heavy atom. The molecule has 0 aromatic heterocycles. The van der Waals surface area contributed by atoms with Crippen molar-refractivity contribution in [1.82, 2.24) is 0 Å². The van der Waals surface area contributed by atoms with Crippen molar-refractivity contribution in [3.05, 3.63) is 12.2 Å². The van der Waals surface area contributed by atoms with Crippen LogP contribution in [-0.4, -0.2) is 12.1 Å². The van der Waals surface area contributed by atoms with Crippen molar-refractivity contribution in [2.24, 2.45) is 5.92 Å². The van der Waals surface area contributed by atoms with E-state index in [2.05, 4.69) is 20.4 Å². The predicted molar refractivity (Wildman–Crippen MR) is 54.4 cm³/mol. The van der Waals surface area contributed by atoms with E-state index in [1.165, 1.54) is 0 Å². The molecule has 0 aromatic rings. The normalized spacial score (nSPS) is 12.7. The predicted octanol–water partition coefficient (Wildman–Crippen LogP) is 2.93. The first-order valence-corrected chi connectivity index (χ1v) is 4.80. The summed E-state index contributed by atoms with van der Waals surface area (Å²) >= 11 is 0. The van der Waals surface area contributed by atoms with Gasteiger partial charge in [0.15, 0.2) is 0 Å². The van der Waals surface area contributed by atoms with Gasteiger partial charge in [0.1, 0.15) is 0 Å². The average Bonchev–Trinajstić information content (AvgIpc) is 2.00. The fourth-order valence-corrected chi connectivity index (χ4v) is 0.910. The first-order valence-electron chi connectivity index (χ1n) is 4.80. The molecule has 0 aliphatic heterocycles. The third-order valence-electron chi connectivity index (χ3n) is 1.81. The van der Waals surface area contributed by atoms with Gasteiger partial charge < -0.3 is 4.74 Å². The Bertz CT molecular complexity index is 183. The third-order valence-corrected chi connectivity index (χ3v) is 1.81. The maximum atomic E-state index is 11.1. The van der Waals surface area contributed by atoms with Gasteiger partial charge in [0.25, 0.3) is 0 Å². The van der Waals surface area contributed by atoms with Crippen molar-refractivity contribution >= 4 is 5.97 Å². The third kappa shape index (κ3) is 6.38. The zero-order chi connectivity index (χ0) is 10.4. The van der Waals surface area contributed by atoms with Crippen LogP contribution in [0.15, 0.2) is 12.2 Å². The Labute approximate surface area is 81.0 Å². The summed E-state index contributed by atoms with van der Waals surface area (Å²) in [6.07, 6.45) is 2.02. The van der Waals surface area contributed by atoms with E-state index in [1.807, 2.05) is 6.92 Å². The molecule has 1 atom stereocenters. The lowest BCUT2D eigenvalue weighted by molar-refractivity contribution is -0.143. The lowest BCUT2D eigenvalue weighted by Gasteiger charge is -2.14. The zero-order valence-electron chi connectivity index (χ0n) is 9.09. The molecule has 0 aromatic carbocycles. The van der Waals surface area contributed by atoms with Gasteiger partial charge in [0, 0.05) is 5.57 Å². The van der Waals surface area contributed by atoms with Crippen LogP contribution in [0.4, 0.5) is 0 Å². The molecule has 0 radical (unpaired) electrons. The van der Waals surface area contributed by atoms with Crippen molar-refractivity contribution in [2.75, 3.05) is 0 Å². The van der Waals surface area contributed by atoms with E-state index in [-0.39, 0.29) is 12.1 Å². The Hall–Kier alpha value is -0.790. The molecule has 0 aliphatic carbocycles. The van der Waals surface area contributed by atoms with E-state index in [1.54, 1.807) is 6.92 Å². The molecule has 0 aliphatic rings. The zero-order valence-corrected chi connectivity index (χ0v) is 9.09. The summed E-state index contributed by atoms with van der Waals surface area (Å²) in [4.78, 5) is 11.1. The highest BCUT2D eigenvalue weighted by molar-refractivity contribution is 5.87. The number of esters is 1. The quantitative estimate of drug-likeness (QED) is 0.485. The number of rotatable bonds is 5. The highest BCUT2D eigenvalue weighted by Gasteiger charge is 2.09. The van der Waals surface area contributed by atoms with Crippen molar-refractivity contribution in [3.8, 4) is 0 Å². The van der Waals surface area contributed by atoms with Gasteiger partial charge in [-0.05, 0) is 32.6 Å². The molecular weight excluding hydrogens is 164 g/mol. The number of hydrogen-bond donors (Lipinski definition) is 0. The van der Waals surface area contributed by atoms with Gasteiger partial charge in [-0.25, -0.2) is 4.79 Å². The number of hydrogen-bond acceptors (Lipinski definition) is 2. The molecule has 0 saturated carbocycles. The molecule has 76 valence electrons. The van der Waals surface area contributed by atoms with Gasteiger partial charge >= 0.3 is 5.97 Å². The summed E-state index contributed by atoms with van der Waals surface area (Å²) < 4.78 is 5.12. The minimum absolute atomic E-state index is 0.00611. The molecule has 0 N–H and O–H groups in total. The van der Waals surface area contributed by atoms with Crippen LogP contribution in [0.1, 0.15) is 40.5 Å². The molecule has 13 heavy (non-hydrogen) atoms. The van der Waals surface area contributed by atoms with Gasteiger partial charge in [0.05, 0.1) is 6.10 Å². The fraction of sp³-hybridized carbons (Fsp3) is 0.727. The molecule has 0 bridgehead atoms. The molecule has 0 amide bonds. The van der Waals surface area contributed by atoms with Crippen LogP contribution in [0.5, 0.6) is 0 Å². The molecule has 1 unspecified atom stereocenters. The summed E-state index contributed by atoms with van der Waals surface area (Å²) in [7, 11) is 0. The second-order valence-electron chi connectivity index (χ2n) is 3.97. The molecule has 0 saturated heterocycles. The number of carbonyl (C=O) groups excluding carboxylic acids is 1. The van der Waals surface area contributed by atoms with Crippen LogP contribution in [0, 0.1) is 5.92 Å². The molecule has 0 fully saturated rings. The molecular formula is C11H20O2. The summed E-state index contributed by atoms with van der Waals surface area (Å²) in [6, 6.07) is 0. The summed E-state index contributed by atoms with van der Waals surface area (Å²) in [6.45, 7) is 11.4. The van der Waals surface area contributed by atoms with Crippen molar-refractivity contribution in [1.29, 1.82) is 0 Å². The minimum Gasteiger partial charge on any atom is -0.459 e. The Balaban J connectivity index is 3.68. The molecule has 2 nitrogen and oxygen atoms in total. The van der Waals surface area contributed by atoms with E-state index in [9.17, 15) is 4.79 Å². The van der Waals surface area contributed by atoms with E-state index in [0.717, 1.165) is 12.8 Å². The molecule has 0 spiro atoms. The lowest BCUT2D eigenvalue weighted by Crippen LogP contribution is -2.15. The average molecular weight is 184 g/mol. The highest BCUT2D eigenvalue weighted by Crippen LogP contribution is 2.10. The summed E-state index contributed by atoms with van der Waals surface area (Å²) in [5.41, 5.74) is 0.469. The van der Waals surface area contributed by atoms with Gasteiger partial charge in [-0.15, -0.1) is 0 Å². The number of carbonyl (C=O) groups is 1. The van der Waals surface area contributed by atoms with Gasteiger partial charge in [-0.3, -0.25) is 0 Å². The fourth-order valence-electron chi connectivity index (χ4n) is 0.910. The summed E-state index contributed by atoms with van der Waals surface area (Å²) in [5, 5.41) is 0. The van der Waals surface area contributed by atoms with E-state index < -0.39 is 0 Å². The van der Waals surface area contributed by atoms with Crippen molar-refractivity contribution in [3.63, 3.8) is 0 Å². The van der Waals surface area contributed by atoms with Crippen LogP contribution in [0.2, 0.25) is 0 Å². The Morgan fingerprint density at radius 2 is 1.85 bits per heavy atom. The molecule has 2 heteroatoms. The first kappa shape index (κ1) is 12.2. The van der Waals surface area contributed by atoms with Crippen LogP contribution >= 0.6 is 0 Å². The smallest absolute Gasteiger partial charge is 0.333 e. The standard InChI is InChI=1S/C11H20O2/c1-8(2)6-7-10(5)13-11(12)9(3)4/h8,10H,3,6-7H2,1-2,4-5H3. The Morgan fingerprint density at radius 3 is 2.23 bits per heavy atom. The highest BCUT2D eigenvalue weighted by atomic mass is 16.5. The first-order chi connectivity index (χ1) is 5.93. The van der Waals surface area contributed by atoms with E-state index in [0.29, 0.717) is 11.5 Å². The maximum Gasteiger partial charge on any atom is 0.333 e. The van der Waals surface area contributed by atoms with E-state index >= 15 is 0 Å². The Kier molecular flexibility index (Phi) is 5.44. The second kappa shape index (κ2) is 5.79. The molecule has 0 rings (SSSR count). The van der Waals surface area contributed by atoms with Gasteiger partial charge in [0.2, 0.25) is 0 Å². The second-order valence-corrected chi connectivity index (χ2v) is 3.97. The van der Waals surface area contributed by atoms with E-state index in [4.69, 9.17) is 4.74 Å². The summed E-state index contributed by atoms with van der Waals surface area (Å²) in [5.74, 6) is 0.377. The van der Waals surface area contributed by atoms with Gasteiger partial charge in [-0.1, -0.05) is 20.4 Å². The van der Waals surface area contributed by atoms with Crippen LogP contribution in [0.3, 0.4) is 0 Å². The lowest BCUT2D eigenvalue weighted by atomic mass is 10.1. The van der Waals surface area contributed by atoms with Crippen molar-refractivity contribution < 1.29 is 9.53 Å². The molecule has 0 heterocycles. The van der Waals surface area contributed by atoms with Gasteiger partial charge in [-0.2, -0.15) is 0 Å². The van der Waals surface area contributed by atoms with Crippen LogP contribution < -0.4 is 0 Å². The SMILES string of the molecule is C=C(C)C(=O)OC(C)CCC(C)C. The van der Waals surface area contributed by atoms with Crippen LogP contribution in [-0.2, 0) is 9.53 Å². The maximum absolute atomic E-state index is 11.1. The minimum atomic E-state index is -0.281.